The van der Waals surface area contributed by atoms with Crippen LogP contribution in [-0.4, -0.2) is 16.6 Å². The summed E-state index contributed by atoms with van der Waals surface area (Å²) >= 11 is 7.28. The predicted molar refractivity (Wildman–Crippen MR) is 117 cm³/mol. The molecule has 0 fully saturated rings. The molecule has 0 spiro atoms. The van der Waals surface area contributed by atoms with E-state index in [-0.39, 0.29) is 18.0 Å². The van der Waals surface area contributed by atoms with Gasteiger partial charge < -0.3 is 0 Å². The number of nitrogens with zero attached hydrogens (tertiary/aromatic N) is 1. The summed E-state index contributed by atoms with van der Waals surface area (Å²) < 4.78 is 0. The Kier molecular flexibility index (Phi) is 5.65. The zero-order valence-corrected chi connectivity index (χ0v) is 16.9. The molecule has 0 bridgehead atoms. The highest BCUT2D eigenvalue weighted by molar-refractivity contribution is 7.14. The van der Waals surface area contributed by atoms with E-state index in [2.05, 4.69) is 4.98 Å². The van der Waals surface area contributed by atoms with Crippen LogP contribution in [-0.2, 0) is 6.42 Å². The predicted octanol–water partition coefficient (Wildman–Crippen LogP) is 6.12. The van der Waals surface area contributed by atoms with Gasteiger partial charge in [0.25, 0.3) is 0 Å². The smallest absolute Gasteiger partial charge is 0.205 e. The number of benzene rings is 3. The number of carbonyl (C=O) groups excluding carboxylic acids is 2. The van der Waals surface area contributed by atoms with E-state index in [4.69, 9.17) is 11.6 Å². The van der Waals surface area contributed by atoms with Crippen LogP contribution in [0.2, 0.25) is 5.02 Å². The highest BCUT2D eigenvalue weighted by Gasteiger charge is 2.22. The van der Waals surface area contributed by atoms with E-state index in [9.17, 15) is 9.59 Å². The van der Waals surface area contributed by atoms with Crippen LogP contribution < -0.4 is 0 Å². The van der Waals surface area contributed by atoms with E-state index in [0.717, 1.165) is 5.56 Å². The molecule has 0 atom stereocenters. The molecule has 0 saturated carbocycles. The molecule has 0 aliphatic rings. The fraction of sp³-hybridized carbons (Fsp3) is 0.0417. The molecular weight excluding hydrogens is 402 g/mol. The molecule has 1 heterocycles. The molecular formula is C24H16ClNO2S. The van der Waals surface area contributed by atoms with E-state index in [1.807, 2.05) is 48.5 Å². The van der Waals surface area contributed by atoms with Crippen molar-refractivity contribution in [3.63, 3.8) is 0 Å². The lowest BCUT2D eigenvalue weighted by atomic mass is 10.1. The Balaban J connectivity index is 1.73. The van der Waals surface area contributed by atoms with Crippen LogP contribution in [0.3, 0.4) is 0 Å². The molecule has 0 aliphatic heterocycles. The third-order valence-corrected chi connectivity index (χ3v) is 5.74. The summed E-state index contributed by atoms with van der Waals surface area (Å²) in [5.74, 6) is -0.132. The molecule has 4 aromatic rings. The second-order valence-corrected chi connectivity index (χ2v) is 7.97. The van der Waals surface area contributed by atoms with Gasteiger partial charge in [-0.05, 0) is 12.1 Å². The molecule has 4 rings (SSSR count). The van der Waals surface area contributed by atoms with Crippen molar-refractivity contribution in [2.75, 3.05) is 0 Å². The monoisotopic (exact) mass is 417 g/mol. The molecule has 1 aromatic heterocycles. The van der Waals surface area contributed by atoms with Gasteiger partial charge in [-0.15, -0.1) is 11.3 Å². The molecule has 0 N–H and O–H groups in total. The van der Waals surface area contributed by atoms with Gasteiger partial charge in [0.15, 0.2) is 5.78 Å². The van der Waals surface area contributed by atoms with Gasteiger partial charge in [0.1, 0.15) is 9.88 Å². The second kappa shape index (κ2) is 8.52. The molecule has 142 valence electrons. The fourth-order valence-corrected chi connectivity index (χ4v) is 4.15. The summed E-state index contributed by atoms with van der Waals surface area (Å²) in [5, 5.41) is 1.22. The summed E-state index contributed by atoms with van der Waals surface area (Å²) in [6.45, 7) is 0. The first kappa shape index (κ1) is 19.2. The Bertz CT molecular complexity index is 1150. The van der Waals surface area contributed by atoms with Crippen LogP contribution in [0, 0.1) is 0 Å². The maximum atomic E-state index is 13.1. The number of Topliss-reactive ketones (excluding diaryl/α,β-unsaturated/α-hetero) is 1. The molecule has 0 unspecified atom stereocenters. The minimum absolute atomic E-state index is 0.0271. The van der Waals surface area contributed by atoms with Gasteiger partial charge in [0.2, 0.25) is 5.78 Å². The number of halogens is 1. The molecule has 0 amide bonds. The van der Waals surface area contributed by atoms with E-state index >= 15 is 0 Å². The first-order chi connectivity index (χ1) is 14.1. The van der Waals surface area contributed by atoms with Crippen molar-refractivity contribution in [2.24, 2.45) is 0 Å². The third kappa shape index (κ3) is 4.34. The van der Waals surface area contributed by atoms with Gasteiger partial charge in [-0.1, -0.05) is 84.4 Å². The average Bonchev–Trinajstić information content (AvgIpc) is 3.18. The molecule has 0 radical (unpaired) electrons. The highest BCUT2D eigenvalue weighted by Crippen LogP contribution is 2.31. The Morgan fingerprint density at radius 1 is 0.793 bits per heavy atom. The van der Waals surface area contributed by atoms with Gasteiger partial charge in [0.05, 0.1) is 12.1 Å². The molecule has 3 aromatic carbocycles. The lowest BCUT2D eigenvalue weighted by molar-refractivity contribution is 0.0991. The largest absolute Gasteiger partial charge is 0.294 e. The number of ketones is 2. The minimum atomic E-state index is -0.105. The van der Waals surface area contributed by atoms with Crippen molar-refractivity contribution in [1.82, 2.24) is 4.98 Å². The summed E-state index contributed by atoms with van der Waals surface area (Å²) in [4.78, 5) is 30.9. The Morgan fingerprint density at radius 3 is 2.00 bits per heavy atom. The van der Waals surface area contributed by atoms with E-state index in [1.54, 1.807) is 36.4 Å². The highest BCUT2D eigenvalue weighted by atomic mass is 35.5. The van der Waals surface area contributed by atoms with E-state index in [0.29, 0.717) is 31.7 Å². The quantitative estimate of drug-likeness (QED) is 0.355. The van der Waals surface area contributed by atoms with E-state index < -0.39 is 0 Å². The maximum absolute atomic E-state index is 13.1. The van der Waals surface area contributed by atoms with Crippen molar-refractivity contribution in [2.45, 2.75) is 6.42 Å². The van der Waals surface area contributed by atoms with Crippen LogP contribution >= 0.6 is 22.9 Å². The minimum Gasteiger partial charge on any atom is -0.294 e. The Labute approximate surface area is 177 Å². The van der Waals surface area contributed by atoms with Crippen molar-refractivity contribution in [1.29, 1.82) is 0 Å². The van der Waals surface area contributed by atoms with Crippen molar-refractivity contribution >= 4 is 34.5 Å². The number of thiazole rings is 1. The third-order valence-electron chi connectivity index (χ3n) is 4.44. The second-order valence-electron chi connectivity index (χ2n) is 6.45. The average molecular weight is 418 g/mol. The van der Waals surface area contributed by atoms with Gasteiger partial charge in [-0.2, -0.15) is 0 Å². The fourth-order valence-electron chi connectivity index (χ4n) is 2.98. The molecule has 0 aliphatic carbocycles. The lowest BCUT2D eigenvalue weighted by Crippen LogP contribution is -2.02. The van der Waals surface area contributed by atoms with Crippen LogP contribution in [0.1, 0.15) is 30.6 Å². The lowest BCUT2D eigenvalue weighted by Gasteiger charge is -2.02. The first-order valence-electron chi connectivity index (χ1n) is 9.05. The normalized spacial score (nSPS) is 10.7. The van der Waals surface area contributed by atoms with E-state index in [1.165, 1.54) is 11.3 Å². The van der Waals surface area contributed by atoms with Crippen LogP contribution in [0.25, 0.3) is 11.3 Å². The van der Waals surface area contributed by atoms with Crippen LogP contribution in [0.4, 0.5) is 0 Å². The zero-order valence-electron chi connectivity index (χ0n) is 15.3. The summed E-state index contributed by atoms with van der Waals surface area (Å²) in [6.07, 6.45) is 0.150. The number of hydrogen-bond acceptors (Lipinski definition) is 4. The first-order valence-corrected chi connectivity index (χ1v) is 10.2. The number of rotatable bonds is 6. The van der Waals surface area contributed by atoms with Crippen molar-refractivity contribution in [3.8, 4) is 11.3 Å². The van der Waals surface area contributed by atoms with Gasteiger partial charge in [-0.3, -0.25) is 9.59 Å². The standard InChI is InChI=1S/C24H16ClNO2S/c25-19-13-11-17(12-14-19)22-24(23(28)18-9-5-2-6-10-18)29-21(26-22)15-20(27)16-7-3-1-4-8-16/h1-14H,15H2. The molecule has 5 heteroatoms. The van der Waals surface area contributed by atoms with Crippen molar-refractivity contribution < 1.29 is 9.59 Å². The molecule has 0 saturated heterocycles. The molecule has 29 heavy (non-hydrogen) atoms. The van der Waals surface area contributed by atoms with Crippen LogP contribution in [0.15, 0.2) is 84.9 Å². The number of carbonyl (C=O) groups is 2. The zero-order chi connectivity index (χ0) is 20.2. The maximum Gasteiger partial charge on any atom is 0.205 e. The number of aromatic nitrogens is 1. The van der Waals surface area contributed by atoms with Gasteiger partial charge in [-0.25, -0.2) is 4.98 Å². The van der Waals surface area contributed by atoms with Crippen molar-refractivity contribution in [3.05, 3.63) is 111 Å². The van der Waals surface area contributed by atoms with Gasteiger partial charge >= 0.3 is 0 Å². The Morgan fingerprint density at radius 2 is 1.38 bits per heavy atom. The molecule has 3 nitrogen and oxygen atoms in total. The topological polar surface area (TPSA) is 47.0 Å². The summed E-state index contributed by atoms with van der Waals surface area (Å²) in [6, 6.07) is 25.4. The SMILES string of the molecule is O=C(Cc1nc(-c2ccc(Cl)cc2)c(C(=O)c2ccccc2)s1)c1ccccc1. The van der Waals surface area contributed by atoms with Crippen LogP contribution in [0.5, 0.6) is 0 Å². The van der Waals surface area contributed by atoms with Gasteiger partial charge in [0, 0.05) is 21.7 Å². The number of hydrogen-bond donors (Lipinski definition) is 0. The summed E-state index contributed by atoms with van der Waals surface area (Å²) in [5.41, 5.74) is 2.60. The Hall–Kier alpha value is -3.08. The summed E-state index contributed by atoms with van der Waals surface area (Å²) in [7, 11) is 0.